The zero-order valence-electron chi connectivity index (χ0n) is 17.7. The Hall–Kier alpha value is -2.58. The lowest BCUT2D eigenvalue weighted by molar-refractivity contribution is -0.115. The van der Waals surface area contributed by atoms with Crippen molar-refractivity contribution >= 4 is 79.2 Å². The Balaban J connectivity index is 1.35. The van der Waals surface area contributed by atoms with Gasteiger partial charge in [-0.15, -0.1) is 11.8 Å². The minimum absolute atomic E-state index is 0.120. The van der Waals surface area contributed by atoms with Gasteiger partial charge < -0.3 is 10.6 Å². The van der Waals surface area contributed by atoms with Gasteiger partial charge in [0.05, 0.1) is 26.1 Å². The molecule has 1 atom stereocenters. The molecular weight excluding hydrogens is 497 g/mol. The molecule has 2 N–H and O–H groups in total. The maximum Gasteiger partial charge on any atom is 0.257 e. The fourth-order valence-corrected chi connectivity index (χ4v) is 5.37. The number of carbonyl (C=O) groups is 2. The largest absolute Gasteiger partial charge is 0.322 e. The standard InChI is InChI=1S/C24H19Cl2N3O2S2/c1-13-3-10-20-21(11-13)33-24(28-20)29-22(30)14(2)32-17-7-5-16(6-8-17)27-23(31)18-9-4-15(25)12-19(18)26/h3-12,14H,1-2H3,(H,27,31)(H,28,29,30). The minimum Gasteiger partial charge on any atom is -0.322 e. The molecule has 0 aliphatic rings. The highest BCUT2D eigenvalue weighted by Gasteiger charge is 2.17. The van der Waals surface area contributed by atoms with E-state index in [1.807, 2.05) is 38.1 Å². The lowest BCUT2D eigenvalue weighted by Crippen LogP contribution is -2.22. The number of thiazole rings is 1. The molecule has 33 heavy (non-hydrogen) atoms. The van der Waals surface area contributed by atoms with Gasteiger partial charge in [0.1, 0.15) is 0 Å². The normalized spacial score (nSPS) is 11.9. The number of carbonyl (C=O) groups excluding carboxylic acids is 2. The smallest absolute Gasteiger partial charge is 0.257 e. The maximum atomic E-state index is 12.6. The van der Waals surface area contributed by atoms with Gasteiger partial charge in [-0.05, 0) is 74.0 Å². The van der Waals surface area contributed by atoms with E-state index in [1.165, 1.54) is 29.2 Å². The van der Waals surface area contributed by atoms with Crippen molar-refractivity contribution in [3.05, 3.63) is 81.8 Å². The second-order valence-corrected chi connectivity index (χ2v) is 10.6. The average Bonchev–Trinajstić information content (AvgIpc) is 3.16. The molecule has 0 spiro atoms. The molecule has 9 heteroatoms. The number of fused-ring (bicyclic) bond motifs is 1. The van der Waals surface area contributed by atoms with Crippen LogP contribution in [0.5, 0.6) is 0 Å². The van der Waals surface area contributed by atoms with Crippen LogP contribution in [0.1, 0.15) is 22.8 Å². The van der Waals surface area contributed by atoms with Crippen LogP contribution in [0.15, 0.2) is 65.6 Å². The van der Waals surface area contributed by atoms with Crippen molar-refractivity contribution in [1.29, 1.82) is 0 Å². The lowest BCUT2D eigenvalue weighted by Gasteiger charge is -2.11. The van der Waals surface area contributed by atoms with E-state index in [2.05, 4.69) is 21.7 Å². The summed E-state index contributed by atoms with van der Waals surface area (Å²) in [4.78, 5) is 30.5. The molecule has 5 nitrogen and oxygen atoms in total. The number of rotatable bonds is 6. The van der Waals surface area contributed by atoms with Crippen molar-refractivity contribution in [1.82, 2.24) is 4.98 Å². The SMILES string of the molecule is Cc1ccc2nc(NC(=O)C(C)Sc3ccc(NC(=O)c4ccc(Cl)cc4Cl)cc3)sc2c1. The first-order valence-corrected chi connectivity index (χ1v) is 12.4. The third-order valence-corrected chi connectivity index (χ3v) is 7.34. The van der Waals surface area contributed by atoms with Crippen LogP contribution in [0.3, 0.4) is 0 Å². The van der Waals surface area contributed by atoms with Crippen molar-refractivity contribution in [3.8, 4) is 0 Å². The highest BCUT2D eigenvalue weighted by atomic mass is 35.5. The number of thioether (sulfide) groups is 1. The van der Waals surface area contributed by atoms with Gasteiger partial charge in [-0.1, -0.05) is 40.6 Å². The lowest BCUT2D eigenvalue weighted by atomic mass is 10.2. The fourth-order valence-electron chi connectivity index (χ4n) is 3.04. The van der Waals surface area contributed by atoms with E-state index in [0.717, 1.165) is 20.7 Å². The summed E-state index contributed by atoms with van der Waals surface area (Å²) in [7, 11) is 0. The molecule has 0 saturated carbocycles. The number of benzene rings is 3. The third-order valence-electron chi connectivity index (χ3n) is 4.74. The topological polar surface area (TPSA) is 71.1 Å². The molecule has 0 aliphatic carbocycles. The van der Waals surface area contributed by atoms with Gasteiger partial charge in [-0.2, -0.15) is 0 Å². The van der Waals surface area contributed by atoms with Crippen LogP contribution in [0.25, 0.3) is 10.2 Å². The predicted molar refractivity (Wildman–Crippen MR) is 139 cm³/mol. The summed E-state index contributed by atoms with van der Waals surface area (Å²) in [5, 5.41) is 6.73. The molecule has 0 radical (unpaired) electrons. The summed E-state index contributed by atoms with van der Waals surface area (Å²) in [5.41, 5.74) is 3.00. The van der Waals surface area contributed by atoms with Gasteiger partial charge in [0, 0.05) is 15.6 Å². The van der Waals surface area contributed by atoms with Crippen LogP contribution in [-0.2, 0) is 4.79 Å². The van der Waals surface area contributed by atoms with Crippen LogP contribution >= 0.6 is 46.3 Å². The first-order chi connectivity index (χ1) is 15.8. The Morgan fingerprint density at radius 3 is 2.48 bits per heavy atom. The highest BCUT2D eigenvalue weighted by molar-refractivity contribution is 8.00. The Morgan fingerprint density at radius 1 is 1.00 bits per heavy atom. The summed E-state index contributed by atoms with van der Waals surface area (Å²) >= 11 is 14.9. The molecule has 4 rings (SSSR count). The molecule has 0 saturated heterocycles. The second kappa shape index (κ2) is 10.1. The maximum absolute atomic E-state index is 12.6. The van der Waals surface area contributed by atoms with Crippen LogP contribution in [0, 0.1) is 6.92 Å². The van der Waals surface area contributed by atoms with E-state index in [4.69, 9.17) is 23.2 Å². The average molecular weight is 516 g/mol. The summed E-state index contributed by atoms with van der Waals surface area (Å²) in [6.07, 6.45) is 0. The van der Waals surface area contributed by atoms with Crippen LogP contribution in [0.4, 0.5) is 10.8 Å². The number of aryl methyl sites for hydroxylation is 1. The van der Waals surface area contributed by atoms with E-state index < -0.39 is 0 Å². The second-order valence-electron chi connectivity index (χ2n) is 7.34. The van der Waals surface area contributed by atoms with Gasteiger partial charge in [0.15, 0.2) is 5.13 Å². The van der Waals surface area contributed by atoms with E-state index in [9.17, 15) is 9.59 Å². The van der Waals surface area contributed by atoms with Crippen LogP contribution < -0.4 is 10.6 Å². The molecular formula is C24H19Cl2N3O2S2. The quantitative estimate of drug-likeness (QED) is 0.264. The van der Waals surface area contributed by atoms with E-state index >= 15 is 0 Å². The number of halogens is 2. The van der Waals surface area contributed by atoms with E-state index in [-0.39, 0.29) is 22.1 Å². The van der Waals surface area contributed by atoms with Gasteiger partial charge in [-0.3, -0.25) is 9.59 Å². The zero-order chi connectivity index (χ0) is 23.5. The molecule has 2 amide bonds. The number of hydrogen-bond acceptors (Lipinski definition) is 5. The first kappa shape index (κ1) is 23.6. The monoisotopic (exact) mass is 515 g/mol. The number of amides is 2. The predicted octanol–water partition coefficient (Wildman–Crippen LogP) is 7.28. The number of anilines is 2. The molecule has 0 aliphatic heterocycles. The van der Waals surface area contributed by atoms with Gasteiger partial charge in [0.25, 0.3) is 5.91 Å². The summed E-state index contributed by atoms with van der Waals surface area (Å²) < 4.78 is 1.04. The van der Waals surface area contributed by atoms with E-state index in [0.29, 0.717) is 21.4 Å². The van der Waals surface area contributed by atoms with Crippen molar-refractivity contribution in [3.63, 3.8) is 0 Å². The molecule has 1 aromatic heterocycles. The third kappa shape index (κ3) is 5.86. The van der Waals surface area contributed by atoms with Gasteiger partial charge >= 0.3 is 0 Å². The molecule has 168 valence electrons. The molecule has 3 aromatic carbocycles. The van der Waals surface area contributed by atoms with Crippen molar-refractivity contribution in [2.24, 2.45) is 0 Å². The summed E-state index contributed by atoms with van der Waals surface area (Å²) in [6.45, 7) is 3.87. The summed E-state index contributed by atoms with van der Waals surface area (Å²) in [6, 6.07) is 18.0. The highest BCUT2D eigenvalue weighted by Crippen LogP contribution is 2.29. The Kier molecular flexibility index (Phi) is 7.24. The molecule has 0 bridgehead atoms. The number of hydrogen-bond donors (Lipinski definition) is 2. The fraction of sp³-hybridized carbons (Fsp3) is 0.125. The van der Waals surface area contributed by atoms with Crippen molar-refractivity contribution < 1.29 is 9.59 Å². The zero-order valence-corrected chi connectivity index (χ0v) is 20.8. The van der Waals surface area contributed by atoms with Gasteiger partial charge in [-0.25, -0.2) is 4.98 Å². The molecule has 1 unspecified atom stereocenters. The van der Waals surface area contributed by atoms with Crippen LogP contribution in [0.2, 0.25) is 10.0 Å². The van der Waals surface area contributed by atoms with Crippen molar-refractivity contribution in [2.45, 2.75) is 24.0 Å². The number of aromatic nitrogens is 1. The van der Waals surface area contributed by atoms with Gasteiger partial charge in [0.2, 0.25) is 5.91 Å². The minimum atomic E-state index is -0.327. The molecule has 4 aromatic rings. The molecule has 0 fully saturated rings. The number of nitrogens with zero attached hydrogens (tertiary/aromatic N) is 1. The van der Waals surface area contributed by atoms with Crippen LogP contribution in [-0.4, -0.2) is 22.0 Å². The molecule has 1 heterocycles. The number of nitrogens with one attached hydrogen (secondary N) is 2. The Bertz CT molecular complexity index is 1340. The summed E-state index contributed by atoms with van der Waals surface area (Å²) in [5.74, 6) is -0.443. The Morgan fingerprint density at radius 2 is 1.76 bits per heavy atom. The van der Waals surface area contributed by atoms with Crippen molar-refractivity contribution in [2.75, 3.05) is 10.6 Å². The first-order valence-electron chi connectivity index (χ1n) is 9.99. The Labute approximate surface area is 209 Å². The van der Waals surface area contributed by atoms with E-state index in [1.54, 1.807) is 24.3 Å².